The van der Waals surface area contributed by atoms with Gasteiger partial charge in [-0.05, 0) is 49.2 Å². The highest BCUT2D eigenvalue weighted by Gasteiger charge is 1.96. The van der Waals surface area contributed by atoms with Gasteiger partial charge in [-0.3, -0.25) is 0 Å². The van der Waals surface area contributed by atoms with Crippen LogP contribution in [0.2, 0.25) is 0 Å². The van der Waals surface area contributed by atoms with Crippen LogP contribution in [0.15, 0.2) is 57.5 Å². The average Bonchev–Trinajstić information content (AvgIpc) is 2.40. The Labute approximate surface area is 137 Å². The summed E-state index contributed by atoms with van der Waals surface area (Å²) in [7, 11) is 0. The number of nitrogens with two attached hydrogens (primary N) is 2. The molecule has 0 radical (unpaired) electrons. The first-order chi connectivity index (χ1) is 9.40. The Hall–Kier alpha value is -0.680. The van der Waals surface area contributed by atoms with Crippen molar-refractivity contribution in [2.45, 2.75) is 25.9 Å². The maximum atomic E-state index is 5.65. The number of halogens is 2. The zero-order valence-electron chi connectivity index (χ0n) is 11.7. The van der Waals surface area contributed by atoms with E-state index in [9.17, 15) is 0 Å². The molecule has 0 spiro atoms. The molecule has 0 saturated heterocycles. The SMILES string of the molecule is CC(N)c1ccc(Br)cc1.CC(N)c1ccc(Br)cc1. The fraction of sp³-hybridized carbons (Fsp3) is 0.250. The zero-order chi connectivity index (χ0) is 15.1. The van der Waals surface area contributed by atoms with Crippen LogP contribution >= 0.6 is 31.9 Å². The van der Waals surface area contributed by atoms with Crippen LogP contribution in [0.25, 0.3) is 0 Å². The molecule has 2 nitrogen and oxygen atoms in total. The van der Waals surface area contributed by atoms with E-state index < -0.39 is 0 Å². The van der Waals surface area contributed by atoms with Crippen molar-refractivity contribution in [3.05, 3.63) is 68.6 Å². The third kappa shape index (κ3) is 6.18. The van der Waals surface area contributed by atoms with E-state index in [0.29, 0.717) is 0 Å². The predicted octanol–water partition coefficient (Wildman–Crippen LogP) is 4.94. The Kier molecular flexibility index (Phi) is 7.45. The molecule has 0 amide bonds. The monoisotopic (exact) mass is 398 g/mol. The summed E-state index contributed by atoms with van der Waals surface area (Å²) in [5.74, 6) is 0. The molecule has 4 N–H and O–H groups in total. The summed E-state index contributed by atoms with van der Waals surface area (Å²) < 4.78 is 2.19. The average molecular weight is 400 g/mol. The maximum absolute atomic E-state index is 5.65. The number of rotatable bonds is 2. The number of hydrogen-bond acceptors (Lipinski definition) is 2. The van der Waals surface area contributed by atoms with Crippen molar-refractivity contribution in [2.24, 2.45) is 11.5 Å². The highest BCUT2D eigenvalue weighted by Crippen LogP contribution is 2.15. The predicted molar refractivity (Wildman–Crippen MR) is 93.5 cm³/mol. The lowest BCUT2D eigenvalue weighted by atomic mass is 10.1. The van der Waals surface area contributed by atoms with Gasteiger partial charge in [0, 0.05) is 21.0 Å². The smallest absolute Gasteiger partial charge is 0.0266 e. The summed E-state index contributed by atoms with van der Waals surface area (Å²) in [6.45, 7) is 3.95. The van der Waals surface area contributed by atoms with Crippen molar-refractivity contribution >= 4 is 31.9 Å². The molecular formula is C16H20Br2N2. The van der Waals surface area contributed by atoms with Gasteiger partial charge in [0.15, 0.2) is 0 Å². The van der Waals surface area contributed by atoms with Crippen molar-refractivity contribution in [1.82, 2.24) is 0 Å². The molecule has 2 rings (SSSR count). The molecular weight excluding hydrogens is 380 g/mol. The van der Waals surface area contributed by atoms with Crippen LogP contribution < -0.4 is 11.5 Å². The molecule has 0 aliphatic carbocycles. The topological polar surface area (TPSA) is 52.0 Å². The second-order valence-corrected chi connectivity index (χ2v) is 6.51. The molecule has 2 atom stereocenters. The summed E-state index contributed by atoms with van der Waals surface area (Å²) in [6.07, 6.45) is 0. The Bertz CT molecular complexity index is 456. The number of hydrogen-bond donors (Lipinski definition) is 2. The van der Waals surface area contributed by atoms with Crippen molar-refractivity contribution in [3.63, 3.8) is 0 Å². The van der Waals surface area contributed by atoms with Crippen LogP contribution in [0, 0.1) is 0 Å². The Morgan fingerprint density at radius 1 is 0.650 bits per heavy atom. The minimum atomic E-state index is 0.132. The molecule has 2 unspecified atom stereocenters. The van der Waals surface area contributed by atoms with Crippen LogP contribution in [0.5, 0.6) is 0 Å². The zero-order valence-corrected chi connectivity index (χ0v) is 14.9. The third-order valence-corrected chi connectivity index (χ3v) is 3.85. The Balaban J connectivity index is 0.000000200. The standard InChI is InChI=1S/2C8H10BrN/c2*1-6(10)7-2-4-8(9)5-3-7/h2*2-6H,10H2,1H3. The summed E-state index contributed by atoms with van der Waals surface area (Å²) in [4.78, 5) is 0. The first kappa shape index (κ1) is 17.4. The normalized spacial score (nSPS) is 13.1. The first-order valence-electron chi connectivity index (χ1n) is 6.42. The van der Waals surface area contributed by atoms with E-state index in [1.165, 1.54) is 11.1 Å². The van der Waals surface area contributed by atoms with Gasteiger partial charge in [0.25, 0.3) is 0 Å². The number of benzene rings is 2. The molecule has 108 valence electrons. The van der Waals surface area contributed by atoms with Gasteiger partial charge in [0.05, 0.1) is 0 Å². The summed E-state index contributed by atoms with van der Waals surface area (Å²) in [5, 5.41) is 0. The largest absolute Gasteiger partial charge is 0.324 e. The van der Waals surface area contributed by atoms with Gasteiger partial charge in [-0.1, -0.05) is 56.1 Å². The van der Waals surface area contributed by atoms with Gasteiger partial charge >= 0.3 is 0 Å². The van der Waals surface area contributed by atoms with Gasteiger partial charge < -0.3 is 11.5 Å². The quantitative estimate of drug-likeness (QED) is 0.751. The maximum Gasteiger partial charge on any atom is 0.0266 e. The van der Waals surface area contributed by atoms with Crippen molar-refractivity contribution in [2.75, 3.05) is 0 Å². The van der Waals surface area contributed by atoms with Gasteiger partial charge in [-0.25, -0.2) is 0 Å². The van der Waals surface area contributed by atoms with Crippen LogP contribution in [-0.4, -0.2) is 0 Å². The molecule has 0 aromatic heterocycles. The molecule has 0 heterocycles. The Morgan fingerprint density at radius 2 is 0.900 bits per heavy atom. The van der Waals surface area contributed by atoms with Gasteiger partial charge in [0.1, 0.15) is 0 Å². The molecule has 0 aliphatic heterocycles. The summed E-state index contributed by atoms with van der Waals surface area (Å²) in [6, 6.07) is 16.4. The van der Waals surface area contributed by atoms with E-state index in [-0.39, 0.29) is 12.1 Å². The van der Waals surface area contributed by atoms with Crippen molar-refractivity contribution in [3.8, 4) is 0 Å². The van der Waals surface area contributed by atoms with E-state index in [1.54, 1.807) is 0 Å². The van der Waals surface area contributed by atoms with E-state index in [2.05, 4.69) is 31.9 Å². The molecule has 20 heavy (non-hydrogen) atoms. The van der Waals surface area contributed by atoms with Crippen LogP contribution in [0.1, 0.15) is 37.1 Å². The van der Waals surface area contributed by atoms with Gasteiger partial charge in [-0.2, -0.15) is 0 Å². The van der Waals surface area contributed by atoms with Crippen LogP contribution in [0.4, 0.5) is 0 Å². The summed E-state index contributed by atoms with van der Waals surface area (Å²) in [5.41, 5.74) is 13.6. The van der Waals surface area contributed by atoms with E-state index in [0.717, 1.165) is 8.95 Å². The molecule has 0 aliphatic rings. The highest BCUT2D eigenvalue weighted by atomic mass is 79.9. The fourth-order valence-electron chi connectivity index (χ4n) is 1.53. The minimum absolute atomic E-state index is 0.132. The molecule has 4 heteroatoms. The fourth-order valence-corrected chi connectivity index (χ4v) is 2.06. The summed E-state index contributed by atoms with van der Waals surface area (Å²) >= 11 is 6.71. The molecule has 0 bridgehead atoms. The van der Waals surface area contributed by atoms with Gasteiger partial charge in [-0.15, -0.1) is 0 Å². The highest BCUT2D eigenvalue weighted by molar-refractivity contribution is 9.10. The molecule has 0 fully saturated rings. The minimum Gasteiger partial charge on any atom is -0.324 e. The van der Waals surface area contributed by atoms with Crippen LogP contribution in [0.3, 0.4) is 0 Å². The Morgan fingerprint density at radius 3 is 1.10 bits per heavy atom. The molecule has 2 aromatic carbocycles. The second kappa shape index (κ2) is 8.57. The first-order valence-corrected chi connectivity index (χ1v) is 8.01. The van der Waals surface area contributed by atoms with E-state index in [1.807, 2.05) is 62.4 Å². The lowest BCUT2D eigenvalue weighted by molar-refractivity contribution is 0.818. The van der Waals surface area contributed by atoms with E-state index >= 15 is 0 Å². The lowest BCUT2D eigenvalue weighted by Crippen LogP contribution is -2.03. The third-order valence-electron chi connectivity index (χ3n) is 2.79. The van der Waals surface area contributed by atoms with E-state index in [4.69, 9.17) is 11.5 Å². The van der Waals surface area contributed by atoms with Gasteiger partial charge in [0.2, 0.25) is 0 Å². The van der Waals surface area contributed by atoms with Crippen molar-refractivity contribution < 1.29 is 0 Å². The van der Waals surface area contributed by atoms with Crippen LogP contribution in [-0.2, 0) is 0 Å². The molecule has 0 saturated carbocycles. The lowest BCUT2D eigenvalue weighted by Gasteiger charge is -2.03. The second-order valence-electron chi connectivity index (χ2n) is 4.68. The molecule has 2 aromatic rings. The van der Waals surface area contributed by atoms with Crippen molar-refractivity contribution in [1.29, 1.82) is 0 Å².